The molecule has 0 saturated heterocycles. The number of esters is 1. The Balaban J connectivity index is 1.91. The molecule has 1 aromatic carbocycles. The van der Waals surface area contributed by atoms with Gasteiger partial charge in [0.05, 0.1) is 12.2 Å². The highest BCUT2D eigenvalue weighted by Gasteiger charge is 2.33. The van der Waals surface area contributed by atoms with Gasteiger partial charge in [0.2, 0.25) is 5.91 Å². The number of aromatic nitrogens is 1. The quantitative estimate of drug-likeness (QED) is 0.316. The van der Waals surface area contributed by atoms with E-state index in [0.29, 0.717) is 51.8 Å². The average Bonchev–Trinajstić information content (AvgIpc) is 3.33. The zero-order valence-corrected chi connectivity index (χ0v) is 22.5. The lowest BCUT2D eigenvalue weighted by molar-refractivity contribution is -0.139. The molecular weight excluding hydrogens is 537 g/mol. The summed E-state index contributed by atoms with van der Waals surface area (Å²) in [5.41, 5.74) is 1.05. The first-order valence-corrected chi connectivity index (χ1v) is 12.9. The van der Waals surface area contributed by atoms with Crippen molar-refractivity contribution in [3.05, 3.63) is 61.9 Å². The number of amides is 1. The van der Waals surface area contributed by atoms with Crippen LogP contribution in [0.3, 0.4) is 0 Å². The van der Waals surface area contributed by atoms with Gasteiger partial charge in [-0.15, -0.1) is 11.3 Å². The number of aliphatic imine (C=N–C) groups is 1. The number of amidine groups is 1. The highest BCUT2D eigenvalue weighted by molar-refractivity contribution is 9.10. The van der Waals surface area contributed by atoms with Crippen LogP contribution in [0.25, 0.3) is 0 Å². The van der Waals surface area contributed by atoms with E-state index in [-0.39, 0.29) is 12.5 Å². The Morgan fingerprint density at radius 2 is 2.06 bits per heavy atom. The summed E-state index contributed by atoms with van der Waals surface area (Å²) in [5, 5.41) is 11.9. The van der Waals surface area contributed by atoms with Gasteiger partial charge in [-0.05, 0) is 24.6 Å². The van der Waals surface area contributed by atoms with Crippen molar-refractivity contribution in [1.82, 2.24) is 20.9 Å². The van der Waals surface area contributed by atoms with Crippen molar-refractivity contribution in [1.29, 1.82) is 0 Å². The van der Waals surface area contributed by atoms with Gasteiger partial charge in [-0.25, -0.2) is 14.2 Å². The predicted octanol–water partition coefficient (Wildman–Crippen LogP) is 3.70. The number of benzene rings is 1. The third-order valence-corrected chi connectivity index (χ3v) is 6.55. The second-order valence-corrected chi connectivity index (χ2v) is 10.6. The molecule has 1 aromatic heterocycles. The van der Waals surface area contributed by atoms with Crippen LogP contribution in [0.4, 0.5) is 4.39 Å². The fraction of sp³-hybridized carbons (Fsp3) is 0.417. The summed E-state index contributed by atoms with van der Waals surface area (Å²) in [4.78, 5) is 34.3. The first-order chi connectivity index (χ1) is 16.6. The number of rotatable bonds is 9. The van der Waals surface area contributed by atoms with Gasteiger partial charge >= 0.3 is 5.97 Å². The second kappa shape index (κ2) is 11.9. The Morgan fingerprint density at radius 1 is 1.29 bits per heavy atom. The van der Waals surface area contributed by atoms with Gasteiger partial charge in [-0.2, -0.15) is 0 Å². The Morgan fingerprint density at radius 3 is 2.69 bits per heavy atom. The third kappa shape index (κ3) is 6.96. The molecule has 1 amide bonds. The summed E-state index contributed by atoms with van der Waals surface area (Å²) < 4.78 is 19.7. The molecule has 0 aliphatic carbocycles. The number of hydrogen-bond donors (Lipinski definition) is 3. The molecule has 0 bridgehead atoms. The van der Waals surface area contributed by atoms with Gasteiger partial charge in [0, 0.05) is 46.8 Å². The SMILES string of the molecule is CCOC(=O)C1=C(CNCCNC(=O)C(C)(C)C)NC(c2nccs2)=NC1c1ccc(F)cc1Br. The molecule has 3 rings (SSSR count). The van der Waals surface area contributed by atoms with Gasteiger partial charge in [0.25, 0.3) is 0 Å². The molecule has 3 N–H and O–H groups in total. The Kier molecular flexibility index (Phi) is 9.15. The lowest BCUT2D eigenvalue weighted by atomic mass is 9.95. The molecule has 1 aliphatic rings. The van der Waals surface area contributed by atoms with Crippen LogP contribution in [0.15, 0.2) is 50.5 Å². The Hall–Kier alpha value is -2.63. The fourth-order valence-electron chi connectivity index (χ4n) is 3.32. The number of carbonyl (C=O) groups excluding carboxylic acids is 2. The van der Waals surface area contributed by atoms with E-state index >= 15 is 0 Å². The number of hydrogen-bond acceptors (Lipinski definition) is 8. The molecule has 188 valence electrons. The zero-order valence-electron chi connectivity index (χ0n) is 20.1. The average molecular weight is 566 g/mol. The molecule has 1 unspecified atom stereocenters. The van der Waals surface area contributed by atoms with E-state index < -0.39 is 23.2 Å². The van der Waals surface area contributed by atoms with Crippen LogP contribution in [0, 0.1) is 11.2 Å². The van der Waals surface area contributed by atoms with Crippen molar-refractivity contribution >= 4 is 45.0 Å². The van der Waals surface area contributed by atoms with Gasteiger partial charge < -0.3 is 20.7 Å². The Bertz CT molecular complexity index is 1130. The van der Waals surface area contributed by atoms with Crippen molar-refractivity contribution in [2.75, 3.05) is 26.2 Å². The minimum Gasteiger partial charge on any atom is -0.463 e. The minimum atomic E-state index is -0.735. The lowest BCUT2D eigenvalue weighted by Gasteiger charge is -2.28. The lowest BCUT2D eigenvalue weighted by Crippen LogP contribution is -2.41. The van der Waals surface area contributed by atoms with Crippen LogP contribution in [-0.2, 0) is 14.3 Å². The van der Waals surface area contributed by atoms with Crippen LogP contribution in [0.2, 0.25) is 0 Å². The first kappa shape index (κ1) is 27.0. The molecule has 2 aromatic rings. The van der Waals surface area contributed by atoms with Crippen LogP contribution >= 0.6 is 27.3 Å². The highest BCUT2D eigenvalue weighted by Crippen LogP contribution is 2.36. The molecule has 35 heavy (non-hydrogen) atoms. The van der Waals surface area contributed by atoms with Crippen molar-refractivity contribution < 1.29 is 18.7 Å². The molecule has 0 radical (unpaired) electrons. The van der Waals surface area contributed by atoms with E-state index in [2.05, 4.69) is 36.9 Å². The molecule has 8 nitrogen and oxygen atoms in total. The normalized spacial score (nSPS) is 15.9. The number of halogens is 2. The molecule has 0 fully saturated rings. The number of nitrogens with one attached hydrogen (secondary N) is 3. The summed E-state index contributed by atoms with van der Waals surface area (Å²) in [6.07, 6.45) is 1.67. The fourth-order valence-corrected chi connectivity index (χ4v) is 4.48. The summed E-state index contributed by atoms with van der Waals surface area (Å²) in [6.45, 7) is 8.69. The van der Waals surface area contributed by atoms with E-state index in [1.807, 2.05) is 26.2 Å². The van der Waals surface area contributed by atoms with Crippen LogP contribution in [-0.4, -0.2) is 48.9 Å². The van der Waals surface area contributed by atoms with Crippen molar-refractivity contribution in [3.63, 3.8) is 0 Å². The van der Waals surface area contributed by atoms with Crippen LogP contribution in [0.5, 0.6) is 0 Å². The largest absolute Gasteiger partial charge is 0.463 e. The predicted molar refractivity (Wildman–Crippen MR) is 138 cm³/mol. The summed E-state index contributed by atoms with van der Waals surface area (Å²) in [6, 6.07) is 3.54. The molecule has 0 saturated carbocycles. The summed E-state index contributed by atoms with van der Waals surface area (Å²) in [7, 11) is 0. The van der Waals surface area contributed by atoms with E-state index in [0.717, 1.165) is 0 Å². The highest BCUT2D eigenvalue weighted by atomic mass is 79.9. The topological polar surface area (TPSA) is 105 Å². The first-order valence-electron chi connectivity index (χ1n) is 11.2. The zero-order chi connectivity index (χ0) is 25.6. The number of nitrogens with zero attached hydrogens (tertiary/aromatic N) is 2. The molecule has 1 atom stereocenters. The van der Waals surface area contributed by atoms with Crippen molar-refractivity contribution in [2.24, 2.45) is 10.4 Å². The van der Waals surface area contributed by atoms with Gasteiger partial charge in [0.1, 0.15) is 11.9 Å². The minimum absolute atomic E-state index is 0.0408. The second-order valence-electron chi connectivity index (χ2n) is 8.80. The number of carbonyl (C=O) groups is 2. The molecule has 2 heterocycles. The van der Waals surface area contributed by atoms with Crippen molar-refractivity contribution in [3.8, 4) is 0 Å². The standard InChI is InChI=1S/C24H29BrFN5O3S/c1-5-34-22(32)18-17(13-27-8-9-29-23(33)24(2,3)4)30-20(21-28-10-11-35-21)31-19(18)15-7-6-14(26)12-16(15)25/h6-7,10-12,19,27H,5,8-9,13H2,1-4H3,(H,29,33)(H,30,31). The smallest absolute Gasteiger partial charge is 0.338 e. The third-order valence-electron chi connectivity index (χ3n) is 5.08. The molecular formula is C24H29BrFN5O3S. The van der Waals surface area contributed by atoms with E-state index in [1.54, 1.807) is 19.2 Å². The maximum atomic E-state index is 13.8. The Labute approximate surface area is 216 Å². The van der Waals surface area contributed by atoms with Crippen LogP contribution < -0.4 is 16.0 Å². The monoisotopic (exact) mass is 565 g/mol. The van der Waals surface area contributed by atoms with Gasteiger partial charge in [-0.1, -0.05) is 42.8 Å². The maximum absolute atomic E-state index is 13.8. The van der Waals surface area contributed by atoms with Gasteiger partial charge in [0.15, 0.2) is 10.8 Å². The van der Waals surface area contributed by atoms with E-state index in [9.17, 15) is 14.0 Å². The van der Waals surface area contributed by atoms with E-state index in [4.69, 9.17) is 9.73 Å². The summed E-state index contributed by atoms with van der Waals surface area (Å²) in [5.74, 6) is -0.450. The van der Waals surface area contributed by atoms with E-state index in [1.165, 1.54) is 23.5 Å². The number of ether oxygens (including phenoxy) is 1. The summed E-state index contributed by atoms with van der Waals surface area (Å²) >= 11 is 4.83. The molecule has 11 heteroatoms. The molecule has 1 aliphatic heterocycles. The number of thiazole rings is 1. The molecule has 0 spiro atoms. The van der Waals surface area contributed by atoms with Crippen molar-refractivity contribution in [2.45, 2.75) is 33.7 Å². The van der Waals surface area contributed by atoms with Gasteiger partial charge in [-0.3, -0.25) is 9.79 Å². The van der Waals surface area contributed by atoms with Crippen LogP contribution in [0.1, 0.15) is 44.3 Å². The maximum Gasteiger partial charge on any atom is 0.338 e.